The van der Waals surface area contributed by atoms with E-state index >= 15 is 0 Å². The first-order chi connectivity index (χ1) is 16.9. The highest BCUT2D eigenvalue weighted by Gasteiger charge is 2.68. The molecule has 2 aromatic rings. The van der Waals surface area contributed by atoms with Crippen LogP contribution >= 0.6 is 0 Å². The van der Waals surface area contributed by atoms with Gasteiger partial charge in [0.05, 0.1) is 18.8 Å². The molecule has 0 unspecified atom stereocenters. The topological polar surface area (TPSA) is 63.2 Å². The summed E-state index contributed by atoms with van der Waals surface area (Å²) in [5.41, 5.74) is 1.11. The molecule has 1 saturated heterocycles. The van der Waals surface area contributed by atoms with Crippen LogP contribution in [0.3, 0.4) is 0 Å². The SMILES string of the molecule is COc1c(B2O[C@@H]3C[C@@H]4C[C@@H](C4(C)C)[C@]3(C)O2)ccc(OCc2ccccc2)c1C(=O)OC(C)(C)C. The lowest BCUT2D eigenvalue weighted by atomic mass is 9.43. The second-order valence-corrected chi connectivity index (χ2v) is 12.1. The van der Waals surface area contributed by atoms with E-state index in [2.05, 4.69) is 20.8 Å². The molecule has 4 aliphatic rings. The lowest BCUT2D eigenvalue weighted by molar-refractivity contribution is -0.199. The number of benzene rings is 2. The van der Waals surface area contributed by atoms with Crippen molar-refractivity contribution < 1.29 is 28.3 Å². The normalized spacial score (nSPS) is 28.2. The Kier molecular flexibility index (Phi) is 6.15. The fourth-order valence-electron chi connectivity index (χ4n) is 6.36. The van der Waals surface area contributed by atoms with Crippen LogP contribution in [-0.4, -0.2) is 37.5 Å². The first-order valence-electron chi connectivity index (χ1n) is 12.9. The lowest BCUT2D eigenvalue weighted by Gasteiger charge is -2.64. The van der Waals surface area contributed by atoms with Gasteiger partial charge in [-0.15, -0.1) is 0 Å². The highest BCUT2D eigenvalue weighted by molar-refractivity contribution is 6.63. The number of carbonyl (C=O) groups is 1. The molecule has 2 aromatic carbocycles. The van der Waals surface area contributed by atoms with Crippen molar-refractivity contribution in [1.82, 2.24) is 0 Å². The minimum absolute atomic E-state index is 0.0166. The zero-order chi connectivity index (χ0) is 25.9. The van der Waals surface area contributed by atoms with Gasteiger partial charge in [0.2, 0.25) is 0 Å². The van der Waals surface area contributed by atoms with E-state index in [9.17, 15) is 4.79 Å². The first kappa shape index (κ1) is 25.2. The molecule has 0 spiro atoms. The van der Waals surface area contributed by atoms with Crippen molar-refractivity contribution in [2.24, 2.45) is 17.3 Å². The van der Waals surface area contributed by atoms with Crippen LogP contribution in [0, 0.1) is 17.3 Å². The first-order valence-corrected chi connectivity index (χ1v) is 12.9. The molecule has 6 rings (SSSR count). The van der Waals surface area contributed by atoms with Crippen molar-refractivity contribution in [2.45, 2.75) is 78.3 Å². The molecule has 3 saturated carbocycles. The van der Waals surface area contributed by atoms with Crippen LogP contribution in [0.1, 0.15) is 70.3 Å². The molecule has 1 heterocycles. The van der Waals surface area contributed by atoms with E-state index in [0.29, 0.717) is 35.4 Å². The molecule has 0 radical (unpaired) electrons. The Labute approximate surface area is 214 Å². The second kappa shape index (κ2) is 8.81. The van der Waals surface area contributed by atoms with Crippen LogP contribution in [0.5, 0.6) is 11.5 Å². The Morgan fingerprint density at radius 3 is 2.44 bits per heavy atom. The molecule has 7 heteroatoms. The maximum atomic E-state index is 13.4. The second-order valence-electron chi connectivity index (χ2n) is 12.1. The molecule has 192 valence electrons. The summed E-state index contributed by atoms with van der Waals surface area (Å²) in [6.07, 6.45) is 2.17. The van der Waals surface area contributed by atoms with Gasteiger partial charge in [-0.1, -0.05) is 50.2 Å². The monoisotopic (exact) mass is 492 g/mol. The van der Waals surface area contributed by atoms with Crippen molar-refractivity contribution in [3.8, 4) is 11.5 Å². The predicted molar refractivity (Wildman–Crippen MR) is 139 cm³/mol. The minimum atomic E-state index is -0.676. The summed E-state index contributed by atoms with van der Waals surface area (Å²) < 4.78 is 30.9. The van der Waals surface area contributed by atoms with Crippen LogP contribution in [-0.2, 0) is 20.7 Å². The summed E-state index contributed by atoms with van der Waals surface area (Å²) >= 11 is 0. The Hall–Kier alpha value is -2.51. The van der Waals surface area contributed by atoms with Crippen LogP contribution in [0.25, 0.3) is 0 Å². The van der Waals surface area contributed by atoms with Crippen molar-refractivity contribution in [3.63, 3.8) is 0 Å². The van der Waals surface area contributed by atoms with E-state index in [1.165, 1.54) is 6.42 Å². The fraction of sp³-hybridized carbons (Fsp3) is 0.552. The molecule has 36 heavy (non-hydrogen) atoms. The van der Waals surface area contributed by atoms with E-state index < -0.39 is 18.7 Å². The highest BCUT2D eigenvalue weighted by atomic mass is 16.7. The van der Waals surface area contributed by atoms with Gasteiger partial charge in [-0.05, 0) is 69.4 Å². The molecule has 2 bridgehead atoms. The number of hydrogen-bond acceptors (Lipinski definition) is 6. The van der Waals surface area contributed by atoms with Gasteiger partial charge in [0, 0.05) is 5.46 Å². The Morgan fingerprint density at radius 2 is 1.81 bits per heavy atom. The Balaban J connectivity index is 1.49. The average molecular weight is 492 g/mol. The van der Waals surface area contributed by atoms with Gasteiger partial charge in [0.1, 0.15) is 29.3 Å². The number of hydrogen-bond donors (Lipinski definition) is 0. The quantitative estimate of drug-likeness (QED) is 0.410. The van der Waals surface area contributed by atoms with Gasteiger partial charge in [-0.3, -0.25) is 0 Å². The van der Waals surface area contributed by atoms with Crippen molar-refractivity contribution in [1.29, 1.82) is 0 Å². The molecule has 4 atom stereocenters. The molecule has 0 amide bonds. The van der Waals surface area contributed by atoms with Crippen LogP contribution < -0.4 is 14.9 Å². The van der Waals surface area contributed by atoms with Crippen molar-refractivity contribution >= 4 is 18.6 Å². The number of ether oxygens (including phenoxy) is 3. The van der Waals surface area contributed by atoms with Gasteiger partial charge < -0.3 is 23.5 Å². The predicted octanol–water partition coefficient (Wildman–Crippen LogP) is 5.16. The molecule has 0 N–H and O–H groups in total. The molecule has 1 aliphatic heterocycles. The number of esters is 1. The van der Waals surface area contributed by atoms with Crippen molar-refractivity contribution in [3.05, 3.63) is 53.6 Å². The van der Waals surface area contributed by atoms with E-state index in [1.807, 2.05) is 57.2 Å². The lowest BCUT2D eigenvalue weighted by Crippen LogP contribution is -2.65. The molecule has 3 aliphatic carbocycles. The van der Waals surface area contributed by atoms with Crippen LogP contribution in [0.4, 0.5) is 0 Å². The third-order valence-electron chi connectivity index (χ3n) is 8.40. The van der Waals surface area contributed by atoms with E-state index in [4.69, 9.17) is 23.5 Å². The van der Waals surface area contributed by atoms with E-state index in [0.717, 1.165) is 12.0 Å². The Morgan fingerprint density at radius 1 is 1.08 bits per heavy atom. The molecule has 6 nitrogen and oxygen atoms in total. The summed E-state index contributed by atoms with van der Waals surface area (Å²) in [7, 11) is 0.923. The zero-order valence-electron chi connectivity index (χ0n) is 22.4. The van der Waals surface area contributed by atoms with Crippen molar-refractivity contribution in [2.75, 3.05) is 7.11 Å². The highest BCUT2D eigenvalue weighted by Crippen LogP contribution is 2.65. The van der Waals surface area contributed by atoms with Gasteiger partial charge in [-0.2, -0.15) is 0 Å². The maximum Gasteiger partial charge on any atom is 0.498 e. The smallest absolute Gasteiger partial charge is 0.496 e. The zero-order valence-corrected chi connectivity index (χ0v) is 22.4. The number of methoxy groups -OCH3 is 1. The maximum absolute atomic E-state index is 13.4. The van der Waals surface area contributed by atoms with E-state index in [-0.39, 0.29) is 22.7 Å². The summed E-state index contributed by atoms with van der Waals surface area (Å²) in [6, 6.07) is 13.5. The third-order valence-corrected chi connectivity index (χ3v) is 8.40. The molecule has 4 fully saturated rings. The number of carbonyl (C=O) groups excluding carboxylic acids is 1. The molecular weight excluding hydrogens is 455 g/mol. The van der Waals surface area contributed by atoms with Gasteiger partial charge in [0.25, 0.3) is 0 Å². The van der Waals surface area contributed by atoms with Crippen LogP contribution in [0.15, 0.2) is 42.5 Å². The minimum Gasteiger partial charge on any atom is -0.496 e. The average Bonchev–Trinajstić information content (AvgIpc) is 3.18. The number of rotatable bonds is 6. The summed E-state index contributed by atoms with van der Waals surface area (Å²) in [5.74, 6) is 1.35. The Bertz CT molecular complexity index is 1140. The summed E-state index contributed by atoms with van der Waals surface area (Å²) in [5, 5.41) is 0. The summed E-state index contributed by atoms with van der Waals surface area (Å²) in [6.45, 7) is 12.7. The third kappa shape index (κ3) is 4.20. The largest absolute Gasteiger partial charge is 0.498 e. The van der Waals surface area contributed by atoms with Crippen LogP contribution in [0.2, 0.25) is 0 Å². The van der Waals surface area contributed by atoms with Gasteiger partial charge in [-0.25, -0.2) is 4.79 Å². The fourth-order valence-corrected chi connectivity index (χ4v) is 6.36. The molecular formula is C29H37BO6. The van der Waals surface area contributed by atoms with Gasteiger partial charge >= 0.3 is 13.1 Å². The molecule has 0 aromatic heterocycles. The summed E-state index contributed by atoms with van der Waals surface area (Å²) in [4.78, 5) is 13.4. The van der Waals surface area contributed by atoms with E-state index in [1.54, 1.807) is 13.2 Å². The standard InChI is InChI=1S/C29H37BO6/c1-27(2,3)34-26(31)24-21(33-17-18-11-9-8-10-12-18)14-13-20(25(24)32-7)30-35-23-16-19-15-22(28(19,4)5)29(23,6)36-30/h8-14,19,22-23H,15-17H2,1-7H3/t19-,22-,23+,29-/m0/s1. The van der Waals surface area contributed by atoms with Gasteiger partial charge in [0.15, 0.2) is 0 Å².